The van der Waals surface area contributed by atoms with E-state index in [1.54, 1.807) is 19.1 Å². The van der Waals surface area contributed by atoms with E-state index in [0.717, 1.165) is 6.42 Å². The van der Waals surface area contributed by atoms with Crippen molar-refractivity contribution in [1.82, 2.24) is 5.43 Å². The monoisotopic (exact) mass is 238 g/mol. The molecule has 0 bridgehead atoms. The molecule has 0 spiro atoms. The highest BCUT2D eigenvalue weighted by molar-refractivity contribution is 5.80. The van der Waals surface area contributed by atoms with Gasteiger partial charge in [0.05, 0.1) is 6.61 Å². The third-order valence-electron chi connectivity index (χ3n) is 2.13. The lowest BCUT2D eigenvalue weighted by atomic mass is 10.3. The van der Waals surface area contributed by atoms with Crippen molar-refractivity contribution in [3.05, 3.63) is 24.3 Å². The number of hydrogen-bond acceptors (Lipinski definition) is 4. The normalized spacial score (nSPS) is 11.7. The summed E-state index contributed by atoms with van der Waals surface area (Å²) < 4.78 is 11.0. The largest absolute Gasteiger partial charge is 0.490 e. The van der Waals surface area contributed by atoms with E-state index in [0.29, 0.717) is 18.1 Å². The van der Waals surface area contributed by atoms with Crippen LogP contribution in [0.2, 0.25) is 0 Å². The molecule has 0 saturated heterocycles. The number of carbonyl (C=O) groups is 1. The molecule has 3 N–H and O–H groups in total. The van der Waals surface area contributed by atoms with E-state index < -0.39 is 6.10 Å². The maximum Gasteiger partial charge on any atom is 0.274 e. The lowest BCUT2D eigenvalue weighted by Gasteiger charge is -2.16. The van der Waals surface area contributed by atoms with Gasteiger partial charge in [-0.1, -0.05) is 19.1 Å². The lowest BCUT2D eigenvalue weighted by Crippen LogP contribution is -2.40. The van der Waals surface area contributed by atoms with Crippen molar-refractivity contribution in [3.8, 4) is 11.5 Å². The Morgan fingerprint density at radius 1 is 1.41 bits per heavy atom. The van der Waals surface area contributed by atoms with Crippen LogP contribution in [0.15, 0.2) is 24.3 Å². The van der Waals surface area contributed by atoms with E-state index in [1.165, 1.54) is 0 Å². The molecule has 17 heavy (non-hydrogen) atoms. The summed E-state index contributed by atoms with van der Waals surface area (Å²) in [6.07, 6.45) is 0.249. The zero-order valence-electron chi connectivity index (χ0n) is 10.1. The highest BCUT2D eigenvalue weighted by Gasteiger charge is 2.15. The number of ether oxygens (including phenoxy) is 2. The highest BCUT2D eigenvalue weighted by atomic mass is 16.5. The van der Waals surface area contributed by atoms with Crippen molar-refractivity contribution in [3.63, 3.8) is 0 Å². The number of nitrogens with two attached hydrogens (primary N) is 1. The molecule has 0 aromatic heterocycles. The molecule has 1 atom stereocenters. The molecule has 1 amide bonds. The van der Waals surface area contributed by atoms with Gasteiger partial charge in [-0.15, -0.1) is 0 Å². The summed E-state index contributed by atoms with van der Waals surface area (Å²) in [5.74, 6) is 5.82. The second-order valence-corrected chi connectivity index (χ2v) is 3.56. The Labute approximate surface area is 101 Å². The van der Waals surface area contributed by atoms with Crippen LogP contribution in [0, 0.1) is 0 Å². The third kappa shape index (κ3) is 3.96. The number of para-hydroxylation sites is 2. The standard InChI is InChI=1S/C12H18N2O3/c1-3-8-16-10-6-4-5-7-11(10)17-9(2)12(15)14-13/h4-7,9H,3,8,13H2,1-2H3,(H,14,15). The van der Waals surface area contributed by atoms with Crippen molar-refractivity contribution in [2.75, 3.05) is 6.61 Å². The van der Waals surface area contributed by atoms with Crippen molar-refractivity contribution in [2.24, 2.45) is 5.84 Å². The van der Waals surface area contributed by atoms with E-state index >= 15 is 0 Å². The minimum absolute atomic E-state index is 0.379. The van der Waals surface area contributed by atoms with Gasteiger partial charge in [-0.25, -0.2) is 5.84 Å². The average Bonchev–Trinajstić information content (AvgIpc) is 2.36. The van der Waals surface area contributed by atoms with E-state index in [4.69, 9.17) is 15.3 Å². The topological polar surface area (TPSA) is 73.6 Å². The third-order valence-corrected chi connectivity index (χ3v) is 2.13. The van der Waals surface area contributed by atoms with Gasteiger partial charge in [-0.2, -0.15) is 0 Å². The molecule has 1 aromatic carbocycles. The molecule has 0 radical (unpaired) electrons. The first kappa shape index (κ1) is 13.3. The van der Waals surface area contributed by atoms with Gasteiger partial charge >= 0.3 is 0 Å². The van der Waals surface area contributed by atoms with Gasteiger partial charge in [0.1, 0.15) is 0 Å². The molecule has 0 aliphatic carbocycles. The summed E-state index contributed by atoms with van der Waals surface area (Å²) >= 11 is 0. The van der Waals surface area contributed by atoms with Crippen LogP contribution in [0.1, 0.15) is 20.3 Å². The number of amides is 1. The Bertz CT molecular complexity index is 369. The predicted molar refractivity (Wildman–Crippen MR) is 64.6 cm³/mol. The number of benzene rings is 1. The molecular weight excluding hydrogens is 220 g/mol. The molecule has 0 saturated carbocycles. The number of nitrogens with one attached hydrogen (secondary N) is 1. The predicted octanol–water partition coefficient (Wildman–Crippen LogP) is 1.23. The molecule has 1 aromatic rings. The summed E-state index contributed by atoms with van der Waals surface area (Å²) in [4.78, 5) is 11.2. The molecule has 94 valence electrons. The minimum Gasteiger partial charge on any atom is -0.490 e. The van der Waals surface area contributed by atoms with Gasteiger partial charge in [-0.3, -0.25) is 10.2 Å². The van der Waals surface area contributed by atoms with Crippen LogP contribution >= 0.6 is 0 Å². The molecule has 1 unspecified atom stereocenters. The van der Waals surface area contributed by atoms with Crippen molar-refractivity contribution >= 4 is 5.91 Å². The van der Waals surface area contributed by atoms with Gasteiger partial charge in [0.25, 0.3) is 5.91 Å². The maximum atomic E-state index is 11.2. The first-order valence-corrected chi connectivity index (χ1v) is 5.58. The fourth-order valence-corrected chi connectivity index (χ4v) is 1.24. The summed E-state index contributed by atoms with van der Waals surface area (Å²) in [5.41, 5.74) is 2.04. The molecule has 0 fully saturated rings. The number of carbonyl (C=O) groups excluding carboxylic acids is 1. The Balaban J connectivity index is 2.72. The Morgan fingerprint density at radius 2 is 2.06 bits per heavy atom. The molecule has 0 aliphatic rings. The van der Waals surface area contributed by atoms with Crippen LogP contribution in [0.4, 0.5) is 0 Å². The zero-order valence-corrected chi connectivity index (χ0v) is 10.1. The van der Waals surface area contributed by atoms with Crippen LogP contribution in [0.25, 0.3) is 0 Å². The summed E-state index contributed by atoms with van der Waals surface area (Å²) in [5, 5.41) is 0. The van der Waals surface area contributed by atoms with Crippen molar-refractivity contribution in [2.45, 2.75) is 26.4 Å². The molecule has 5 heteroatoms. The van der Waals surface area contributed by atoms with Crippen molar-refractivity contribution < 1.29 is 14.3 Å². The van der Waals surface area contributed by atoms with Crippen LogP contribution in [0.5, 0.6) is 11.5 Å². The molecule has 0 heterocycles. The number of hydrazine groups is 1. The number of rotatable bonds is 6. The van der Waals surface area contributed by atoms with Gasteiger partial charge in [0, 0.05) is 0 Å². The lowest BCUT2D eigenvalue weighted by molar-refractivity contribution is -0.127. The fraction of sp³-hybridized carbons (Fsp3) is 0.417. The van der Waals surface area contributed by atoms with Crippen LogP contribution in [-0.4, -0.2) is 18.6 Å². The van der Waals surface area contributed by atoms with Crippen molar-refractivity contribution in [1.29, 1.82) is 0 Å². The Morgan fingerprint density at radius 3 is 2.65 bits per heavy atom. The van der Waals surface area contributed by atoms with Crippen LogP contribution < -0.4 is 20.7 Å². The van der Waals surface area contributed by atoms with E-state index in [9.17, 15) is 4.79 Å². The van der Waals surface area contributed by atoms with Gasteiger partial charge in [0.15, 0.2) is 17.6 Å². The van der Waals surface area contributed by atoms with Gasteiger partial charge in [0.2, 0.25) is 0 Å². The Hall–Kier alpha value is -1.75. The Kier molecular flexibility index (Phi) is 5.29. The zero-order chi connectivity index (χ0) is 12.7. The number of hydrogen-bond donors (Lipinski definition) is 2. The second-order valence-electron chi connectivity index (χ2n) is 3.56. The SMILES string of the molecule is CCCOc1ccccc1OC(C)C(=O)NN. The molecule has 5 nitrogen and oxygen atoms in total. The second kappa shape index (κ2) is 6.75. The van der Waals surface area contributed by atoms with E-state index in [1.807, 2.05) is 24.5 Å². The highest BCUT2D eigenvalue weighted by Crippen LogP contribution is 2.27. The quantitative estimate of drug-likeness (QED) is 0.444. The van der Waals surface area contributed by atoms with E-state index in [2.05, 4.69) is 0 Å². The summed E-state index contributed by atoms with van der Waals surface area (Å²) in [6, 6.07) is 7.23. The van der Waals surface area contributed by atoms with Crippen LogP contribution in [-0.2, 0) is 4.79 Å². The summed E-state index contributed by atoms with van der Waals surface area (Å²) in [6.45, 7) is 4.25. The molecule has 1 rings (SSSR count). The first-order chi connectivity index (χ1) is 8.19. The van der Waals surface area contributed by atoms with Gasteiger partial charge < -0.3 is 9.47 Å². The van der Waals surface area contributed by atoms with Gasteiger partial charge in [-0.05, 0) is 25.5 Å². The summed E-state index contributed by atoms with van der Waals surface area (Å²) in [7, 11) is 0. The fourth-order valence-electron chi connectivity index (χ4n) is 1.24. The maximum absolute atomic E-state index is 11.2. The molecule has 0 aliphatic heterocycles. The first-order valence-electron chi connectivity index (χ1n) is 5.58. The van der Waals surface area contributed by atoms with Crippen LogP contribution in [0.3, 0.4) is 0 Å². The minimum atomic E-state index is -0.661. The molecular formula is C12H18N2O3. The van der Waals surface area contributed by atoms with E-state index in [-0.39, 0.29) is 5.91 Å². The average molecular weight is 238 g/mol. The smallest absolute Gasteiger partial charge is 0.274 e.